The first-order chi connectivity index (χ1) is 12.7. The SMILES string of the molecule is COc1ccc(Nc2nc(C(=O)NCC3CCCCC3)cs2)cc1OC. The molecule has 1 aromatic carbocycles. The lowest BCUT2D eigenvalue weighted by molar-refractivity contribution is 0.0939. The van der Waals surface area contributed by atoms with E-state index in [4.69, 9.17) is 9.47 Å². The first-order valence-corrected chi connectivity index (χ1v) is 9.80. The number of hydrogen-bond donors (Lipinski definition) is 2. The van der Waals surface area contributed by atoms with Crippen molar-refractivity contribution in [3.63, 3.8) is 0 Å². The fourth-order valence-corrected chi connectivity index (χ4v) is 3.90. The standard InChI is InChI=1S/C19H25N3O3S/c1-24-16-9-8-14(10-17(16)25-2)21-19-22-15(12-26-19)18(23)20-11-13-6-4-3-5-7-13/h8-10,12-13H,3-7,11H2,1-2H3,(H,20,23)(H,21,22). The second-order valence-electron chi connectivity index (χ2n) is 6.45. The van der Waals surface area contributed by atoms with Crippen LogP contribution in [0.4, 0.5) is 10.8 Å². The van der Waals surface area contributed by atoms with Gasteiger partial charge < -0.3 is 20.1 Å². The third kappa shape index (κ3) is 4.66. The highest BCUT2D eigenvalue weighted by Crippen LogP contribution is 2.31. The van der Waals surface area contributed by atoms with Crippen molar-refractivity contribution in [3.05, 3.63) is 29.3 Å². The van der Waals surface area contributed by atoms with Crippen LogP contribution in [0, 0.1) is 5.92 Å². The molecule has 3 rings (SSSR count). The van der Waals surface area contributed by atoms with E-state index in [1.165, 1.54) is 43.4 Å². The molecule has 2 N–H and O–H groups in total. The Bertz CT molecular complexity index is 741. The number of thiazole rings is 1. The number of nitrogens with zero attached hydrogens (tertiary/aromatic N) is 1. The number of benzene rings is 1. The predicted octanol–water partition coefficient (Wildman–Crippen LogP) is 4.21. The Morgan fingerprint density at radius 2 is 1.96 bits per heavy atom. The average molecular weight is 375 g/mol. The van der Waals surface area contributed by atoms with Gasteiger partial charge in [0.15, 0.2) is 16.6 Å². The molecule has 0 bridgehead atoms. The summed E-state index contributed by atoms with van der Waals surface area (Å²) in [6.45, 7) is 0.745. The summed E-state index contributed by atoms with van der Waals surface area (Å²) in [5, 5.41) is 8.67. The van der Waals surface area contributed by atoms with E-state index in [1.54, 1.807) is 19.6 Å². The molecule has 1 saturated carbocycles. The maximum atomic E-state index is 12.3. The van der Waals surface area contributed by atoms with Gasteiger partial charge in [-0.3, -0.25) is 4.79 Å². The zero-order chi connectivity index (χ0) is 18.4. The van der Waals surface area contributed by atoms with Gasteiger partial charge in [-0.25, -0.2) is 4.98 Å². The van der Waals surface area contributed by atoms with E-state index >= 15 is 0 Å². The summed E-state index contributed by atoms with van der Waals surface area (Å²) >= 11 is 1.40. The number of carbonyl (C=O) groups excluding carboxylic acids is 1. The number of methoxy groups -OCH3 is 2. The van der Waals surface area contributed by atoms with Gasteiger partial charge in [0.2, 0.25) is 0 Å². The number of aromatic nitrogens is 1. The number of rotatable bonds is 7. The van der Waals surface area contributed by atoms with Gasteiger partial charge >= 0.3 is 0 Å². The quantitative estimate of drug-likeness (QED) is 0.758. The maximum Gasteiger partial charge on any atom is 0.270 e. The Balaban J connectivity index is 1.58. The molecule has 1 aliphatic rings. The van der Waals surface area contributed by atoms with Crippen LogP contribution in [-0.4, -0.2) is 31.7 Å². The van der Waals surface area contributed by atoms with Gasteiger partial charge in [-0.15, -0.1) is 11.3 Å². The molecule has 0 atom stereocenters. The molecule has 1 aliphatic carbocycles. The van der Waals surface area contributed by atoms with Crippen LogP contribution >= 0.6 is 11.3 Å². The molecule has 2 aromatic rings. The maximum absolute atomic E-state index is 12.3. The van der Waals surface area contributed by atoms with Gasteiger partial charge in [0.1, 0.15) is 5.69 Å². The Labute approximate surface area is 157 Å². The molecular weight excluding hydrogens is 350 g/mol. The average Bonchev–Trinajstić information content (AvgIpc) is 3.15. The lowest BCUT2D eigenvalue weighted by Gasteiger charge is -2.21. The number of carbonyl (C=O) groups is 1. The number of hydrogen-bond acceptors (Lipinski definition) is 6. The molecule has 1 aromatic heterocycles. The zero-order valence-electron chi connectivity index (χ0n) is 15.2. The van der Waals surface area contributed by atoms with Crippen molar-refractivity contribution in [2.75, 3.05) is 26.1 Å². The monoisotopic (exact) mass is 375 g/mol. The summed E-state index contributed by atoms with van der Waals surface area (Å²) in [6.07, 6.45) is 6.29. The minimum Gasteiger partial charge on any atom is -0.493 e. The van der Waals surface area contributed by atoms with Crippen LogP contribution in [0.2, 0.25) is 0 Å². The first-order valence-electron chi connectivity index (χ1n) is 8.92. The second-order valence-corrected chi connectivity index (χ2v) is 7.30. The van der Waals surface area contributed by atoms with E-state index in [0.717, 1.165) is 12.2 Å². The van der Waals surface area contributed by atoms with Crippen LogP contribution in [0.1, 0.15) is 42.6 Å². The molecule has 6 nitrogen and oxygen atoms in total. The van der Waals surface area contributed by atoms with Gasteiger partial charge in [-0.2, -0.15) is 0 Å². The van der Waals surface area contributed by atoms with Crippen molar-refractivity contribution in [3.8, 4) is 11.5 Å². The number of anilines is 2. The number of nitrogens with one attached hydrogen (secondary N) is 2. The van der Waals surface area contributed by atoms with Crippen molar-refractivity contribution in [1.29, 1.82) is 0 Å². The summed E-state index contributed by atoms with van der Waals surface area (Å²) in [4.78, 5) is 16.7. The highest BCUT2D eigenvalue weighted by molar-refractivity contribution is 7.14. The van der Waals surface area contributed by atoms with E-state index in [2.05, 4.69) is 15.6 Å². The van der Waals surface area contributed by atoms with Gasteiger partial charge in [0.25, 0.3) is 5.91 Å². The van der Waals surface area contributed by atoms with E-state index in [-0.39, 0.29) is 5.91 Å². The minimum absolute atomic E-state index is 0.104. The van der Waals surface area contributed by atoms with Crippen LogP contribution in [0.15, 0.2) is 23.6 Å². The Kier molecular flexibility index (Phi) is 6.33. The second kappa shape index (κ2) is 8.89. The van der Waals surface area contributed by atoms with Crippen molar-refractivity contribution >= 4 is 28.1 Å². The van der Waals surface area contributed by atoms with Crippen LogP contribution < -0.4 is 20.1 Å². The topological polar surface area (TPSA) is 72.5 Å². The van der Waals surface area contributed by atoms with Gasteiger partial charge in [0, 0.05) is 23.7 Å². The third-order valence-electron chi connectivity index (χ3n) is 4.65. The first kappa shape index (κ1) is 18.5. The molecule has 0 aliphatic heterocycles. The van der Waals surface area contributed by atoms with Crippen LogP contribution in [0.25, 0.3) is 0 Å². The predicted molar refractivity (Wildman–Crippen MR) is 104 cm³/mol. The molecule has 7 heteroatoms. The highest BCUT2D eigenvalue weighted by Gasteiger charge is 2.16. The molecule has 140 valence electrons. The molecule has 1 fully saturated rings. The normalized spacial score (nSPS) is 14.7. The molecule has 1 amide bonds. The summed E-state index contributed by atoms with van der Waals surface area (Å²) in [6, 6.07) is 5.54. The van der Waals surface area contributed by atoms with Crippen molar-refractivity contribution < 1.29 is 14.3 Å². The fraction of sp³-hybridized carbons (Fsp3) is 0.474. The Morgan fingerprint density at radius 1 is 1.19 bits per heavy atom. The van der Waals surface area contributed by atoms with Gasteiger partial charge in [-0.1, -0.05) is 19.3 Å². The number of amides is 1. The van der Waals surface area contributed by atoms with E-state index < -0.39 is 0 Å². The molecular formula is C19H25N3O3S. The molecule has 0 spiro atoms. The lowest BCUT2D eigenvalue weighted by Crippen LogP contribution is -2.30. The Morgan fingerprint density at radius 3 is 2.69 bits per heavy atom. The van der Waals surface area contributed by atoms with Gasteiger partial charge in [0.05, 0.1) is 14.2 Å². The summed E-state index contributed by atoms with van der Waals surface area (Å²) in [5.74, 6) is 1.81. The van der Waals surface area contributed by atoms with Crippen LogP contribution in [-0.2, 0) is 0 Å². The lowest BCUT2D eigenvalue weighted by atomic mass is 9.89. The molecule has 26 heavy (non-hydrogen) atoms. The molecule has 0 radical (unpaired) electrons. The van der Waals surface area contributed by atoms with Crippen molar-refractivity contribution in [2.45, 2.75) is 32.1 Å². The largest absolute Gasteiger partial charge is 0.493 e. The summed E-state index contributed by atoms with van der Waals surface area (Å²) in [7, 11) is 3.20. The van der Waals surface area contributed by atoms with E-state index in [9.17, 15) is 4.79 Å². The third-order valence-corrected chi connectivity index (χ3v) is 5.41. The highest BCUT2D eigenvalue weighted by atomic mass is 32.1. The van der Waals surface area contributed by atoms with Crippen molar-refractivity contribution in [1.82, 2.24) is 10.3 Å². The van der Waals surface area contributed by atoms with E-state index in [0.29, 0.717) is 28.2 Å². The van der Waals surface area contributed by atoms with Crippen LogP contribution in [0.3, 0.4) is 0 Å². The van der Waals surface area contributed by atoms with E-state index in [1.807, 2.05) is 18.2 Å². The molecule has 0 unspecified atom stereocenters. The van der Waals surface area contributed by atoms with Crippen LogP contribution in [0.5, 0.6) is 11.5 Å². The molecule has 1 heterocycles. The summed E-state index contributed by atoms with van der Waals surface area (Å²) in [5.41, 5.74) is 1.28. The van der Waals surface area contributed by atoms with Crippen molar-refractivity contribution in [2.24, 2.45) is 5.92 Å². The minimum atomic E-state index is -0.104. The fourth-order valence-electron chi connectivity index (χ4n) is 3.19. The molecule has 0 saturated heterocycles. The van der Waals surface area contributed by atoms with Gasteiger partial charge in [-0.05, 0) is 30.9 Å². The number of ether oxygens (including phenoxy) is 2. The Hall–Kier alpha value is -2.28. The summed E-state index contributed by atoms with van der Waals surface area (Å²) < 4.78 is 10.5. The zero-order valence-corrected chi connectivity index (χ0v) is 16.0. The smallest absolute Gasteiger partial charge is 0.270 e.